The van der Waals surface area contributed by atoms with Crippen LogP contribution in [-0.4, -0.2) is 53.9 Å². The Labute approximate surface area is 144 Å². The normalized spacial score (nSPS) is 27.8. The number of anilines is 1. The van der Waals surface area contributed by atoms with Crippen LogP contribution in [0.3, 0.4) is 0 Å². The fourth-order valence-corrected chi connectivity index (χ4v) is 3.73. The number of likely N-dealkylation sites (tertiary alicyclic amines) is 1. The minimum absolute atomic E-state index is 0.0168. The number of aliphatic hydroxyl groups is 1. The van der Waals surface area contributed by atoms with Gasteiger partial charge in [0.15, 0.2) is 0 Å². The summed E-state index contributed by atoms with van der Waals surface area (Å²) in [6, 6.07) is 8.02. The third-order valence-electron chi connectivity index (χ3n) is 5.18. The van der Waals surface area contributed by atoms with Crippen LogP contribution < -0.4 is 5.32 Å². The van der Waals surface area contributed by atoms with E-state index in [1.54, 1.807) is 0 Å². The minimum atomic E-state index is -0.461. The molecule has 5 heteroatoms. The number of amides is 1. The van der Waals surface area contributed by atoms with Crippen molar-refractivity contribution in [1.29, 1.82) is 0 Å². The van der Waals surface area contributed by atoms with Gasteiger partial charge >= 0.3 is 0 Å². The molecule has 2 fully saturated rings. The van der Waals surface area contributed by atoms with Crippen LogP contribution >= 0.6 is 0 Å². The maximum absolute atomic E-state index is 12.3. The highest BCUT2D eigenvalue weighted by Crippen LogP contribution is 2.34. The first-order valence-corrected chi connectivity index (χ1v) is 8.93. The van der Waals surface area contributed by atoms with Crippen LogP contribution in [0.25, 0.3) is 0 Å². The maximum atomic E-state index is 12.3. The van der Waals surface area contributed by atoms with E-state index in [4.69, 9.17) is 4.74 Å². The lowest BCUT2D eigenvalue weighted by Crippen LogP contribution is -2.57. The number of carbonyl (C=O) groups excluding carboxylic acids is 1. The van der Waals surface area contributed by atoms with Gasteiger partial charge in [-0.3, -0.25) is 9.69 Å². The number of benzene rings is 1. The maximum Gasteiger partial charge on any atom is 0.238 e. The Bertz CT molecular complexity index is 564. The molecule has 0 bridgehead atoms. The standard InChI is InChI=1S/C19H28N2O3/c1-14(2)15-4-6-16(7-5-15)20-18(23)12-21-10-8-17(22)19(13-21)9-3-11-24-19/h4-7,14,17,22H,3,8-13H2,1-2H3,(H,20,23)/t17-,19-/m0/s1. The lowest BCUT2D eigenvalue weighted by molar-refractivity contribution is -0.137. The summed E-state index contributed by atoms with van der Waals surface area (Å²) in [7, 11) is 0. The van der Waals surface area contributed by atoms with Gasteiger partial charge in [-0.1, -0.05) is 26.0 Å². The highest BCUT2D eigenvalue weighted by molar-refractivity contribution is 5.92. The van der Waals surface area contributed by atoms with Crippen LogP contribution in [0, 0.1) is 0 Å². The lowest BCUT2D eigenvalue weighted by Gasteiger charge is -2.42. The Morgan fingerprint density at radius 2 is 2.17 bits per heavy atom. The van der Waals surface area contributed by atoms with E-state index in [1.165, 1.54) is 5.56 Å². The number of nitrogens with zero attached hydrogens (tertiary/aromatic N) is 1. The number of rotatable bonds is 4. The largest absolute Gasteiger partial charge is 0.390 e. The molecule has 1 aromatic rings. The van der Waals surface area contributed by atoms with Gasteiger partial charge in [0.2, 0.25) is 5.91 Å². The molecule has 0 aromatic heterocycles. The minimum Gasteiger partial charge on any atom is -0.390 e. The number of hydrogen-bond donors (Lipinski definition) is 2. The molecule has 0 radical (unpaired) electrons. The number of ether oxygens (including phenoxy) is 1. The van der Waals surface area contributed by atoms with Gasteiger partial charge in [0.05, 0.1) is 12.6 Å². The van der Waals surface area contributed by atoms with Crippen molar-refractivity contribution in [1.82, 2.24) is 4.90 Å². The highest BCUT2D eigenvalue weighted by atomic mass is 16.5. The second kappa shape index (κ2) is 7.21. The topological polar surface area (TPSA) is 61.8 Å². The predicted octanol–water partition coefficient (Wildman–Crippen LogP) is 2.36. The molecule has 0 saturated carbocycles. The molecule has 132 valence electrons. The molecule has 2 N–H and O–H groups in total. The van der Waals surface area contributed by atoms with E-state index >= 15 is 0 Å². The van der Waals surface area contributed by atoms with Gasteiger partial charge in [-0.2, -0.15) is 0 Å². The van der Waals surface area contributed by atoms with Crippen molar-refractivity contribution < 1.29 is 14.6 Å². The van der Waals surface area contributed by atoms with Gasteiger partial charge in [0, 0.05) is 25.4 Å². The van der Waals surface area contributed by atoms with Crippen LogP contribution in [0.2, 0.25) is 0 Å². The zero-order chi connectivity index (χ0) is 17.2. The molecule has 24 heavy (non-hydrogen) atoms. The first kappa shape index (κ1) is 17.4. The Balaban J connectivity index is 1.55. The van der Waals surface area contributed by atoms with Crippen molar-refractivity contribution in [2.24, 2.45) is 0 Å². The third kappa shape index (κ3) is 3.79. The molecule has 1 spiro atoms. The Hall–Kier alpha value is -1.43. The van der Waals surface area contributed by atoms with Crippen molar-refractivity contribution in [2.75, 3.05) is 31.6 Å². The van der Waals surface area contributed by atoms with Gasteiger partial charge in [0.25, 0.3) is 0 Å². The quantitative estimate of drug-likeness (QED) is 0.888. The number of aliphatic hydroxyl groups excluding tert-OH is 1. The molecule has 0 aliphatic carbocycles. The van der Waals surface area contributed by atoms with Gasteiger partial charge in [-0.15, -0.1) is 0 Å². The first-order chi connectivity index (χ1) is 11.5. The van der Waals surface area contributed by atoms with Crippen LogP contribution in [-0.2, 0) is 9.53 Å². The Morgan fingerprint density at radius 3 is 2.79 bits per heavy atom. The van der Waals surface area contributed by atoms with Crippen LogP contribution in [0.4, 0.5) is 5.69 Å². The van der Waals surface area contributed by atoms with Gasteiger partial charge < -0.3 is 15.2 Å². The van der Waals surface area contributed by atoms with E-state index in [2.05, 4.69) is 36.2 Å². The zero-order valence-electron chi connectivity index (χ0n) is 14.6. The summed E-state index contributed by atoms with van der Waals surface area (Å²) in [6.07, 6.45) is 2.11. The number of hydrogen-bond acceptors (Lipinski definition) is 4. The molecule has 2 aliphatic heterocycles. The van der Waals surface area contributed by atoms with Crippen molar-refractivity contribution in [3.63, 3.8) is 0 Å². The lowest BCUT2D eigenvalue weighted by atomic mass is 9.87. The fourth-order valence-electron chi connectivity index (χ4n) is 3.73. The van der Waals surface area contributed by atoms with Crippen LogP contribution in [0.5, 0.6) is 0 Å². The Kier molecular flexibility index (Phi) is 5.23. The summed E-state index contributed by atoms with van der Waals surface area (Å²) >= 11 is 0. The molecule has 2 aliphatic rings. The van der Waals surface area contributed by atoms with E-state index < -0.39 is 11.7 Å². The average molecular weight is 332 g/mol. The van der Waals surface area contributed by atoms with E-state index in [0.29, 0.717) is 32.0 Å². The summed E-state index contributed by atoms with van der Waals surface area (Å²) in [5, 5.41) is 13.2. The summed E-state index contributed by atoms with van der Waals surface area (Å²) < 4.78 is 5.84. The molecule has 2 heterocycles. The van der Waals surface area contributed by atoms with Crippen molar-refractivity contribution in [3.8, 4) is 0 Å². The summed E-state index contributed by atoms with van der Waals surface area (Å²) in [4.78, 5) is 14.4. The molecule has 1 aromatic carbocycles. The van der Waals surface area contributed by atoms with E-state index in [-0.39, 0.29) is 5.91 Å². The summed E-state index contributed by atoms with van der Waals surface area (Å²) in [5.74, 6) is 0.467. The van der Waals surface area contributed by atoms with Crippen LogP contribution in [0.1, 0.15) is 44.6 Å². The predicted molar refractivity (Wildman–Crippen MR) is 94.1 cm³/mol. The van der Waals surface area contributed by atoms with Crippen molar-refractivity contribution >= 4 is 11.6 Å². The summed E-state index contributed by atoms with van der Waals surface area (Å²) in [6.45, 7) is 6.71. The molecule has 5 nitrogen and oxygen atoms in total. The molecule has 0 unspecified atom stereocenters. The first-order valence-electron chi connectivity index (χ1n) is 8.93. The second-order valence-corrected chi connectivity index (χ2v) is 7.36. The molecule has 2 atom stereocenters. The molecule has 3 rings (SSSR count). The van der Waals surface area contributed by atoms with E-state index in [9.17, 15) is 9.90 Å². The SMILES string of the molecule is CC(C)c1ccc(NC(=O)CN2CC[C@H](O)[C@]3(CCCO3)C2)cc1. The summed E-state index contributed by atoms with van der Waals surface area (Å²) in [5.41, 5.74) is 1.63. The van der Waals surface area contributed by atoms with Crippen molar-refractivity contribution in [3.05, 3.63) is 29.8 Å². The average Bonchev–Trinajstić information content (AvgIpc) is 3.01. The molecular weight excluding hydrogens is 304 g/mol. The number of nitrogens with one attached hydrogen (secondary N) is 1. The van der Waals surface area contributed by atoms with E-state index in [1.807, 2.05) is 12.1 Å². The van der Waals surface area contributed by atoms with E-state index in [0.717, 1.165) is 25.1 Å². The fraction of sp³-hybridized carbons (Fsp3) is 0.632. The molecule has 1 amide bonds. The van der Waals surface area contributed by atoms with Gasteiger partial charge in [-0.25, -0.2) is 0 Å². The zero-order valence-corrected chi connectivity index (χ0v) is 14.6. The number of piperidine rings is 1. The van der Waals surface area contributed by atoms with Gasteiger partial charge in [0.1, 0.15) is 5.60 Å². The second-order valence-electron chi connectivity index (χ2n) is 7.36. The Morgan fingerprint density at radius 1 is 1.42 bits per heavy atom. The van der Waals surface area contributed by atoms with Gasteiger partial charge in [-0.05, 0) is 42.9 Å². The number of carbonyl (C=O) groups is 1. The molecular formula is C19H28N2O3. The third-order valence-corrected chi connectivity index (χ3v) is 5.18. The smallest absolute Gasteiger partial charge is 0.238 e. The van der Waals surface area contributed by atoms with Crippen LogP contribution in [0.15, 0.2) is 24.3 Å². The molecule has 2 saturated heterocycles. The monoisotopic (exact) mass is 332 g/mol. The highest BCUT2D eigenvalue weighted by Gasteiger charge is 2.46. The van der Waals surface area contributed by atoms with Crippen molar-refractivity contribution in [2.45, 2.75) is 50.7 Å².